The number of aromatic nitrogens is 3. The molecular formula is C27H25F2N5OS. The SMILES string of the molecule is CSc1cc(C(=O)NCc2cc3nc(-c4cccc(N5CCC(F)(F)C5)n4)ccc3cn2)ccc1C. The summed E-state index contributed by atoms with van der Waals surface area (Å²) in [6.45, 7) is 2.23. The van der Waals surface area contributed by atoms with Gasteiger partial charge in [0.2, 0.25) is 0 Å². The quantitative estimate of drug-likeness (QED) is 0.349. The van der Waals surface area contributed by atoms with E-state index >= 15 is 0 Å². The van der Waals surface area contributed by atoms with Gasteiger partial charge in [0.1, 0.15) is 5.82 Å². The van der Waals surface area contributed by atoms with E-state index in [9.17, 15) is 13.6 Å². The number of nitrogens with one attached hydrogen (secondary N) is 1. The summed E-state index contributed by atoms with van der Waals surface area (Å²) in [7, 11) is 0. The van der Waals surface area contributed by atoms with Crippen LogP contribution in [0.15, 0.2) is 65.7 Å². The molecule has 36 heavy (non-hydrogen) atoms. The second-order valence-corrected chi connectivity index (χ2v) is 9.69. The molecule has 1 aliphatic rings. The van der Waals surface area contributed by atoms with Crippen LogP contribution in [0.25, 0.3) is 22.3 Å². The molecular weight excluding hydrogens is 480 g/mol. The number of pyridine rings is 3. The van der Waals surface area contributed by atoms with Crippen molar-refractivity contribution in [2.75, 3.05) is 24.2 Å². The fourth-order valence-electron chi connectivity index (χ4n) is 4.20. The van der Waals surface area contributed by atoms with Crippen LogP contribution in [-0.4, -0.2) is 46.1 Å². The highest BCUT2D eigenvalue weighted by Crippen LogP contribution is 2.31. The van der Waals surface area contributed by atoms with Crippen molar-refractivity contribution in [1.82, 2.24) is 20.3 Å². The third-order valence-corrected chi connectivity index (χ3v) is 7.10. The molecule has 1 saturated heterocycles. The molecule has 1 fully saturated rings. The van der Waals surface area contributed by atoms with Gasteiger partial charge in [0, 0.05) is 35.0 Å². The maximum absolute atomic E-state index is 13.7. The van der Waals surface area contributed by atoms with Crippen LogP contribution in [0.2, 0.25) is 0 Å². The molecule has 0 bridgehead atoms. The molecule has 0 atom stereocenters. The summed E-state index contributed by atoms with van der Waals surface area (Å²) in [5, 5.41) is 3.78. The smallest absolute Gasteiger partial charge is 0.266 e. The lowest BCUT2D eigenvalue weighted by atomic mass is 10.1. The normalized spacial score (nSPS) is 14.8. The maximum atomic E-state index is 13.7. The zero-order valence-corrected chi connectivity index (χ0v) is 20.8. The number of nitrogens with zero attached hydrogens (tertiary/aromatic N) is 4. The van der Waals surface area contributed by atoms with Crippen LogP contribution in [0, 0.1) is 6.92 Å². The molecule has 0 spiro atoms. The minimum Gasteiger partial charge on any atom is -0.350 e. The highest BCUT2D eigenvalue weighted by atomic mass is 32.2. The molecule has 4 aromatic rings. The van der Waals surface area contributed by atoms with Gasteiger partial charge in [-0.05, 0) is 61.2 Å². The molecule has 0 aliphatic carbocycles. The molecule has 3 aromatic heterocycles. The van der Waals surface area contributed by atoms with Gasteiger partial charge in [-0.25, -0.2) is 18.7 Å². The second-order valence-electron chi connectivity index (χ2n) is 8.84. The highest BCUT2D eigenvalue weighted by Gasteiger charge is 2.38. The number of alkyl halides is 2. The Bertz CT molecular complexity index is 1450. The number of halogens is 2. The summed E-state index contributed by atoms with van der Waals surface area (Å²) in [6.07, 6.45) is 3.55. The third-order valence-electron chi connectivity index (χ3n) is 6.22. The zero-order valence-electron chi connectivity index (χ0n) is 20.0. The predicted octanol–water partition coefficient (Wildman–Crippen LogP) is 5.50. The minimum absolute atomic E-state index is 0.164. The van der Waals surface area contributed by atoms with E-state index < -0.39 is 5.92 Å². The molecule has 0 radical (unpaired) electrons. The number of hydrogen-bond donors (Lipinski definition) is 1. The summed E-state index contributed by atoms with van der Waals surface area (Å²) in [6, 6.07) is 16.6. The highest BCUT2D eigenvalue weighted by molar-refractivity contribution is 7.98. The Kier molecular flexibility index (Phi) is 6.57. The van der Waals surface area contributed by atoms with Gasteiger partial charge in [-0.1, -0.05) is 12.1 Å². The van der Waals surface area contributed by atoms with Crippen LogP contribution in [0.4, 0.5) is 14.6 Å². The minimum atomic E-state index is -2.69. The van der Waals surface area contributed by atoms with Crippen LogP contribution in [-0.2, 0) is 6.54 Å². The van der Waals surface area contributed by atoms with Crippen molar-refractivity contribution in [2.24, 2.45) is 0 Å². The van der Waals surface area contributed by atoms with Gasteiger partial charge in [-0.15, -0.1) is 11.8 Å². The van der Waals surface area contributed by atoms with Gasteiger partial charge < -0.3 is 10.2 Å². The molecule has 0 unspecified atom stereocenters. The first kappa shape index (κ1) is 24.1. The van der Waals surface area contributed by atoms with Crippen molar-refractivity contribution in [3.63, 3.8) is 0 Å². The van der Waals surface area contributed by atoms with E-state index in [-0.39, 0.29) is 32.0 Å². The van der Waals surface area contributed by atoms with E-state index in [1.165, 1.54) is 0 Å². The molecule has 184 valence electrons. The van der Waals surface area contributed by atoms with Crippen molar-refractivity contribution in [3.8, 4) is 11.4 Å². The van der Waals surface area contributed by atoms with Crippen LogP contribution in [0.1, 0.15) is 28.0 Å². The number of aryl methyl sites for hydroxylation is 1. The molecule has 6 nitrogen and oxygen atoms in total. The van der Waals surface area contributed by atoms with Crippen LogP contribution >= 0.6 is 11.8 Å². The molecule has 1 aromatic carbocycles. The van der Waals surface area contributed by atoms with Crippen molar-refractivity contribution in [2.45, 2.75) is 30.7 Å². The van der Waals surface area contributed by atoms with Gasteiger partial charge in [0.25, 0.3) is 11.8 Å². The number of rotatable bonds is 6. The van der Waals surface area contributed by atoms with E-state index in [4.69, 9.17) is 4.98 Å². The fraction of sp³-hybridized carbons (Fsp3) is 0.259. The van der Waals surface area contributed by atoms with Gasteiger partial charge in [0.05, 0.1) is 35.7 Å². The molecule has 1 amide bonds. The summed E-state index contributed by atoms with van der Waals surface area (Å²) in [4.78, 5) is 29.1. The number of carbonyl (C=O) groups is 1. The van der Waals surface area contributed by atoms with Gasteiger partial charge in [-0.3, -0.25) is 9.78 Å². The fourth-order valence-corrected chi connectivity index (χ4v) is 4.84. The maximum Gasteiger partial charge on any atom is 0.266 e. The summed E-state index contributed by atoms with van der Waals surface area (Å²) < 4.78 is 27.3. The Morgan fingerprint density at radius 2 is 1.94 bits per heavy atom. The Labute approximate surface area is 212 Å². The molecule has 1 aliphatic heterocycles. The topological polar surface area (TPSA) is 71.0 Å². The van der Waals surface area contributed by atoms with Crippen molar-refractivity contribution < 1.29 is 13.6 Å². The number of carbonyl (C=O) groups excluding carboxylic acids is 1. The number of thioether (sulfide) groups is 1. The van der Waals surface area contributed by atoms with E-state index in [0.717, 1.165) is 15.8 Å². The summed E-state index contributed by atoms with van der Waals surface area (Å²) in [5.41, 5.74) is 4.38. The van der Waals surface area contributed by atoms with E-state index in [1.54, 1.807) is 35.0 Å². The first-order valence-electron chi connectivity index (χ1n) is 11.6. The van der Waals surface area contributed by atoms with Crippen molar-refractivity contribution >= 4 is 34.4 Å². The number of benzene rings is 1. The largest absolute Gasteiger partial charge is 0.350 e. The van der Waals surface area contributed by atoms with Crippen LogP contribution in [0.3, 0.4) is 0 Å². The number of hydrogen-bond acceptors (Lipinski definition) is 6. The Hall–Kier alpha value is -3.59. The predicted molar refractivity (Wildman–Crippen MR) is 139 cm³/mol. The summed E-state index contributed by atoms with van der Waals surface area (Å²) >= 11 is 1.61. The average Bonchev–Trinajstić information content (AvgIpc) is 3.26. The Morgan fingerprint density at radius 3 is 2.72 bits per heavy atom. The lowest BCUT2D eigenvalue weighted by Gasteiger charge is -2.17. The van der Waals surface area contributed by atoms with Crippen molar-refractivity contribution in [1.29, 1.82) is 0 Å². The second kappa shape index (κ2) is 9.81. The molecule has 5 rings (SSSR count). The monoisotopic (exact) mass is 505 g/mol. The number of anilines is 1. The van der Waals surface area contributed by atoms with Gasteiger partial charge >= 0.3 is 0 Å². The Balaban J connectivity index is 1.34. The molecule has 1 N–H and O–H groups in total. The standard InChI is InChI=1S/C27H25F2N5OS/c1-17-6-7-18(12-24(17)36-2)26(35)31-15-20-13-23-19(14-30-20)8-9-22(32-23)21-4-3-5-25(33-21)34-11-10-27(28,29)16-34/h3-9,12-14H,10-11,15-16H2,1-2H3,(H,31,35). The first-order valence-corrected chi connectivity index (χ1v) is 12.8. The number of amides is 1. The summed E-state index contributed by atoms with van der Waals surface area (Å²) in [5.74, 6) is -2.33. The number of fused-ring (bicyclic) bond motifs is 1. The molecule has 4 heterocycles. The van der Waals surface area contributed by atoms with Crippen molar-refractivity contribution in [3.05, 3.63) is 77.6 Å². The Morgan fingerprint density at radius 1 is 1.11 bits per heavy atom. The van der Waals surface area contributed by atoms with Crippen LogP contribution < -0.4 is 10.2 Å². The average molecular weight is 506 g/mol. The lowest BCUT2D eigenvalue weighted by Crippen LogP contribution is -2.25. The molecule has 0 saturated carbocycles. The zero-order chi connectivity index (χ0) is 25.3. The van der Waals surface area contributed by atoms with E-state index in [0.29, 0.717) is 34.0 Å². The van der Waals surface area contributed by atoms with Gasteiger partial charge in [-0.2, -0.15) is 0 Å². The van der Waals surface area contributed by atoms with Gasteiger partial charge in [0.15, 0.2) is 0 Å². The lowest BCUT2D eigenvalue weighted by molar-refractivity contribution is 0.0256. The molecule has 9 heteroatoms. The first-order chi connectivity index (χ1) is 17.3. The van der Waals surface area contributed by atoms with E-state index in [1.807, 2.05) is 55.6 Å². The van der Waals surface area contributed by atoms with Crippen LogP contribution in [0.5, 0.6) is 0 Å². The van der Waals surface area contributed by atoms with E-state index in [2.05, 4.69) is 15.3 Å². The third kappa shape index (κ3) is 5.16.